The summed E-state index contributed by atoms with van der Waals surface area (Å²) < 4.78 is 0. The second-order valence-electron chi connectivity index (χ2n) is 1.33. The molecular formula is C4H8N2O3. The van der Waals surface area contributed by atoms with Crippen molar-refractivity contribution in [2.24, 2.45) is 11.6 Å². The van der Waals surface area contributed by atoms with Gasteiger partial charge in [-0.2, -0.15) is 5.90 Å². The Morgan fingerprint density at radius 2 is 2.33 bits per heavy atom. The lowest BCUT2D eigenvalue weighted by atomic mass is 10.3. The fourth-order valence-electron chi connectivity index (χ4n) is 0.212. The Hall–Kier alpha value is -1.07. The maximum atomic E-state index is 9.93. The fraction of sp³-hybridized carbons (Fsp3) is 0.250. The predicted octanol–water partition coefficient (Wildman–Crippen LogP) is -1.20. The van der Waals surface area contributed by atoms with Gasteiger partial charge in [0.25, 0.3) is 0 Å². The van der Waals surface area contributed by atoms with Gasteiger partial charge in [-0.15, -0.1) is 0 Å². The van der Waals surface area contributed by atoms with Crippen LogP contribution >= 0.6 is 0 Å². The van der Waals surface area contributed by atoms with E-state index in [1.807, 2.05) is 0 Å². The van der Waals surface area contributed by atoms with E-state index < -0.39 is 12.0 Å². The van der Waals surface area contributed by atoms with Crippen LogP contribution in [-0.4, -0.2) is 17.1 Å². The Morgan fingerprint density at radius 1 is 1.78 bits per heavy atom. The highest BCUT2D eigenvalue weighted by Crippen LogP contribution is 1.80. The van der Waals surface area contributed by atoms with Crippen molar-refractivity contribution < 1.29 is 14.7 Å². The van der Waals surface area contributed by atoms with Crippen molar-refractivity contribution in [3.8, 4) is 0 Å². The molecule has 5 heteroatoms. The molecule has 1 unspecified atom stereocenters. The van der Waals surface area contributed by atoms with Crippen LogP contribution in [0, 0.1) is 0 Å². The third-order valence-electron chi connectivity index (χ3n) is 0.650. The molecule has 5 nitrogen and oxygen atoms in total. The van der Waals surface area contributed by atoms with Crippen molar-refractivity contribution in [2.45, 2.75) is 6.04 Å². The van der Waals surface area contributed by atoms with Crippen LogP contribution in [0.4, 0.5) is 0 Å². The molecule has 0 aromatic heterocycles. The largest absolute Gasteiger partial charge is 0.480 e. The van der Waals surface area contributed by atoms with E-state index in [4.69, 9.17) is 10.8 Å². The molecule has 0 aromatic carbocycles. The van der Waals surface area contributed by atoms with Gasteiger partial charge in [0.1, 0.15) is 12.3 Å². The molecule has 0 aliphatic heterocycles. The zero-order valence-electron chi connectivity index (χ0n) is 4.65. The summed E-state index contributed by atoms with van der Waals surface area (Å²) in [7, 11) is 0. The third-order valence-corrected chi connectivity index (χ3v) is 0.650. The second kappa shape index (κ2) is 3.88. The Kier molecular flexibility index (Phi) is 3.41. The van der Waals surface area contributed by atoms with Crippen molar-refractivity contribution in [3.05, 3.63) is 12.3 Å². The topological polar surface area (TPSA) is 98.6 Å². The van der Waals surface area contributed by atoms with Gasteiger partial charge in [0, 0.05) is 0 Å². The number of hydrogen-bond acceptors (Lipinski definition) is 4. The Labute approximate surface area is 51.8 Å². The third kappa shape index (κ3) is 3.51. The molecule has 0 aromatic rings. The normalized spacial score (nSPS) is 13.6. The number of carboxylic acids is 1. The van der Waals surface area contributed by atoms with Crippen molar-refractivity contribution in [3.63, 3.8) is 0 Å². The Morgan fingerprint density at radius 3 is 2.67 bits per heavy atom. The molecule has 9 heavy (non-hydrogen) atoms. The molecule has 0 spiro atoms. The van der Waals surface area contributed by atoms with E-state index in [2.05, 4.69) is 10.7 Å². The van der Waals surface area contributed by atoms with E-state index in [1.165, 1.54) is 0 Å². The summed E-state index contributed by atoms with van der Waals surface area (Å²) in [6.45, 7) is 0. The van der Waals surface area contributed by atoms with E-state index >= 15 is 0 Å². The maximum absolute atomic E-state index is 9.93. The summed E-state index contributed by atoms with van der Waals surface area (Å²) >= 11 is 0. The van der Waals surface area contributed by atoms with Gasteiger partial charge >= 0.3 is 5.97 Å². The molecule has 52 valence electrons. The molecule has 0 amide bonds. The molecule has 0 saturated heterocycles. The lowest BCUT2D eigenvalue weighted by Gasteiger charge is -1.95. The van der Waals surface area contributed by atoms with Crippen molar-refractivity contribution in [1.82, 2.24) is 0 Å². The minimum atomic E-state index is -1.12. The highest BCUT2D eigenvalue weighted by molar-refractivity contribution is 5.75. The smallest absolute Gasteiger partial charge is 0.324 e. The highest BCUT2D eigenvalue weighted by Gasteiger charge is 2.04. The van der Waals surface area contributed by atoms with Gasteiger partial charge in [0.2, 0.25) is 0 Å². The van der Waals surface area contributed by atoms with E-state index in [-0.39, 0.29) is 0 Å². The quantitative estimate of drug-likeness (QED) is 0.331. The summed E-state index contributed by atoms with van der Waals surface area (Å²) in [4.78, 5) is 13.9. The zero-order valence-corrected chi connectivity index (χ0v) is 4.65. The molecular weight excluding hydrogens is 124 g/mol. The van der Waals surface area contributed by atoms with Crippen LogP contribution in [0.5, 0.6) is 0 Å². The summed E-state index contributed by atoms with van der Waals surface area (Å²) in [5.41, 5.74) is 4.98. The van der Waals surface area contributed by atoms with E-state index in [9.17, 15) is 4.79 Å². The number of carboxylic acid groups (broad SMARTS) is 1. The fourth-order valence-corrected chi connectivity index (χ4v) is 0.212. The number of hydrogen-bond donors (Lipinski definition) is 3. The first-order valence-electron chi connectivity index (χ1n) is 2.19. The molecule has 0 fully saturated rings. The standard InChI is InChI=1S/C4H8N2O3/c5-3(4(7)8)1-2-9-6/h1-3H,5-6H2,(H,7,8)/b2-1+. The van der Waals surface area contributed by atoms with Gasteiger partial charge in [-0.05, 0) is 6.08 Å². The lowest BCUT2D eigenvalue weighted by Crippen LogP contribution is -2.27. The van der Waals surface area contributed by atoms with Crippen molar-refractivity contribution >= 4 is 5.97 Å². The molecule has 0 saturated carbocycles. The van der Waals surface area contributed by atoms with E-state index in [0.717, 1.165) is 12.3 Å². The Bertz CT molecular complexity index is 123. The van der Waals surface area contributed by atoms with Crippen LogP contribution in [0.3, 0.4) is 0 Å². The van der Waals surface area contributed by atoms with Crippen LogP contribution in [0.1, 0.15) is 0 Å². The summed E-state index contributed by atoms with van der Waals surface area (Å²) in [6, 6.07) is -1.05. The molecule has 0 aliphatic carbocycles. The van der Waals surface area contributed by atoms with E-state index in [1.54, 1.807) is 0 Å². The minimum Gasteiger partial charge on any atom is -0.480 e. The zero-order chi connectivity index (χ0) is 7.28. The molecule has 0 heterocycles. The van der Waals surface area contributed by atoms with Gasteiger partial charge < -0.3 is 15.7 Å². The molecule has 0 aliphatic rings. The van der Waals surface area contributed by atoms with Crippen LogP contribution in [0.2, 0.25) is 0 Å². The average Bonchev–Trinajstić information content (AvgIpc) is 1.82. The van der Waals surface area contributed by atoms with Crippen LogP contribution in [0.15, 0.2) is 12.3 Å². The first-order valence-corrected chi connectivity index (χ1v) is 2.19. The molecule has 0 radical (unpaired) electrons. The highest BCUT2D eigenvalue weighted by atomic mass is 16.6. The number of aliphatic carboxylic acids is 1. The van der Waals surface area contributed by atoms with Crippen LogP contribution < -0.4 is 11.6 Å². The average molecular weight is 132 g/mol. The van der Waals surface area contributed by atoms with Crippen LogP contribution in [0.25, 0.3) is 0 Å². The summed E-state index contributed by atoms with van der Waals surface area (Å²) in [6.07, 6.45) is 2.14. The second-order valence-corrected chi connectivity index (χ2v) is 1.33. The monoisotopic (exact) mass is 132 g/mol. The number of nitrogens with two attached hydrogens (primary N) is 2. The molecule has 0 rings (SSSR count). The number of rotatable bonds is 3. The van der Waals surface area contributed by atoms with Gasteiger partial charge in [-0.25, -0.2) is 0 Å². The van der Waals surface area contributed by atoms with Gasteiger partial charge in [-0.3, -0.25) is 4.79 Å². The van der Waals surface area contributed by atoms with E-state index in [0.29, 0.717) is 0 Å². The molecule has 0 bridgehead atoms. The van der Waals surface area contributed by atoms with Crippen molar-refractivity contribution in [2.75, 3.05) is 0 Å². The van der Waals surface area contributed by atoms with Crippen molar-refractivity contribution in [1.29, 1.82) is 0 Å². The van der Waals surface area contributed by atoms with Gasteiger partial charge in [-0.1, -0.05) is 0 Å². The molecule has 1 atom stereocenters. The predicted molar refractivity (Wildman–Crippen MR) is 30.0 cm³/mol. The lowest BCUT2D eigenvalue weighted by molar-refractivity contribution is -0.137. The van der Waals surface area contributed by atoms with Gasteiger partial charge in [0.15, 0.2) is 0 Å². The maximum Gasteiger partial charge on any atom is 0.324 e. The first-order chi connectivity index (χ1) is 4.18. The Balaban J connectivity index is 3.62. The van der Waals surface area contributed by atoms with Crippen LogP contribution in [-0.2, 0) is 9.63 Å². The first kappa shape index (κ1) is 7.93. The molecule has 5 N–H and O–H groups in total. The summed E-state index contributed by atoms with van der Waals surface area (Å²) in [5.74, 6) is 3.42. The summed E-state index contributed by atoms with van der Waals surface area (Å²) in [5, 5.41) is 8.14. The minimum absolute atomic E-state index is 1.01. The number of carbonyl (C=O) groups is 1. The SMILES string of the molecule is NO/C=C/C(N)C(=O)O. The van der Waals surface area contributed by atoms with Gasteiger partial charge in [0.05, 0.1) is 0 Å².